The van der Waals surface area contributed by atoms with E-state index in [4.69, 9.17) is 8.92 Å². The predicted molar refractivity (Wildman–Crippen MR) is 114 cm³/mol. The third kappa shape index (κ3) is 4.23. The molecule has 4 heteroatoms. The van der Waals surface area contributed by atoms with E-state index in [1.54, 1.807) is 0 Å². The lowest BCUT2D eigenvalue weighted by molar-refractivity contribution is -0.133. The molecule has 0 aliphatic heterocycles. The number of hydrogen-bond donors (Lipinski definition) is 0. The van der Waals surface area contributed by atoms with Crippen LogP contribution in [0, 0.1) is 0 Å². The molecule has 0 N–H and O–H groups in total. The second-order valence-corrected chi connectivity index (χ2v) is 8.99. The van der Waals surface area contributed by atoms with Gasteiger partial charge in [0.15, 0.2) is 0 Å². The van der Waals surface area contributed by atoms with Gasteiger partial charge in [0.05, 0.1) is 6.61 Å². The van der Waals surface area contributed by atoms with Gasteiger partial charge in [-0.2, -0.15) is 0 Å². The predicted octanol–water partition coefficient (Wildman–Crippen LogP) is 6.63. The molecule has 28 heavy (non-hydrogen) atoms. The number of carbonyl (C=O) groups is 1. The summed E-state index contributed by atoms with van der Waals surface area (Å²) in [7, 11) is -2.19. The van der Waals surface area contributed by atoms with Crippen LogP contribution in [0.15, 0.2) is 99.6 Å². The topological polar surface area (TPSA) is 35.5 Å². The average Bonchev–Trinajstić information content (AvgIpc) is 2.74. The molecule has 3 nitrogen and oxygen atoms in total. The Morgan fingerprint density at radius 3 is 1.71 bits per heavy atom. The summed E-state index contributed by atoms with van der Waals surface area (Å²) in [6.07, 6.45) is 1.15. The van der Waals surface area contributed by atoms with Crippen LogP contribution in [0.2, 0.25) is 0 Å². The van der Waals surface area contributed by atoms with Crippen molar-refractivity contribution < 1.29 is 13.7 Å². The molecule has 0 bridgehead atoms. The summed E-state index contributed by atoms with van der Waals surface area (Å²) in [5.41, 5.74) is 0. The van der Waals surface area contributed by atoms with Gasteiger partial charge in [-0.25, -0.2) is 0 Å². The van der Waals surface area contributed by atoms with E-state index in [1.165, 1.54) is 0 Å². The van der Waals surface area contributed by atoms with Gasteiger partial charge in [-0.1, -0.05) is 43.3 Å². The number of benzene rings is 3. The molecule has 0 fully saturated rings. The third-order valence-corrected chi connectivity index (χ3v) is 7.53. The first kappa shape index (κ1) is 20.0. The maximum absolute atomic E-state index is 12.7. The molecule has 0 unspecified atom stereocenters. The second kappa shape index (κ2) is 9.47. The molecule has 0 aliphatic rings. The molecule has 0 aromatic heterocycles. The van der Waals surface area contributed by atoms with Gasteiger partial charge in [-0.05, 0) is 72.2 Å². The monoisotopic (exact) mass is 394 g/mol. The SMILES string of the molecule is CCCC(=O)OS(c1ccccc1)(c1ccccc1)c1ccc(OCC)cc1. The largest absolute Gasteiger partial charge is 0.494 e. The van der Waals surface area contributed by atoms with Crippen molar-refractivity contribution in [3.8, 4) is 5.75 Å². The molecule has 0 saturated carbocycles. The lowest BCUT2D eigenvalue weighted by Gasteiger charge is -2.39. The number of ether oxygens (including phenoxy) is 1. The minimum atomic E-state index is -2.19. The lowest BCUT2D eigenvalue weighted by Crippen LogP contribution is -2.13. The molecule has 0 amide bonds. The van der Waals surface area contributed by atoms with Crippen molar-refractivity contribution in [2.45, 2.75) is 41.4 Å². The highest BCUT2D eigenvalue weighted by Crippen LogP contribution is 2.69. The van der Waals surface area contributed by atoms with Crippen LogP contribution in [0.3, 0.4) is 0 Å². The molecular formula is C24H26O3S. The molecule has 0 atom stereocenters. The van der Waals surface area contributed by atoms with E-state index in [0.29, 0.717) is 13.0 Å². The maximum atomic E-state index is 12.7. The Balaban J connectivity index is 2.21. The molecule has 0 heterocycles. The number of carbonyl (C=O) groups excluding carboxylic acids is 1. The normalized spacial score (nSPS) is 11.6. The van der Waals surface area contributed by atoms with Crippen molar-refractivity contribution in [3.05, 3.63) is 84.9 Å². The van der Waals surface area contributed by atoms with E-state index in [2.05, 4.69) is 0 Å². The fourth-order valence-corrected chi connectivity index (χ4v) is 6.12. The van der Waals surface area contributed by atoms with Crippen molar-refractivity contribution >= 4 is 16.3 Å². The summed E-state index contributed by atoms with van der Waals surface area (Å²) in [4.78, 5) is 15.7. The molecule has 3 rings (SSSR count). The van der Waals surface area contributed by atoms with Gasteiger partial charge >= 0.3 is 5.97 Å². The van der Waals surface area contributed by atoms with Crippen LogP contribution < -0.4 is 4.74 Å². The molecular weight excluding hydrogens is 368 g/mol. The first-order valence-electron chi connectivity index (χ1n) is 9.59. The highest BCUT2D eigenvalue weighted by atomic mass is 32.3. The second-order valence-electron chi connectivity index (χ2n) is 6.29. The quantitative estimate of drug-likeness (QED) is 0.430. The minimum Gasteiger partial charge on any atom is -0.494 e. The van der Waals surface area contributed by atoms with Gasteiger partial charge in [0.2, 0.25) is 0 Å². The minimum absolute atomic E-state index is 0.181. The Bertz CT molecular complexity index is 837. The maximum Gasteiger partial charge on any atom is 0.317 e. The van der Waals surface area contributed by atoms with E-state index in [0.717, 1.165) is 26.9 Å². The molecule has 0 radical (unpaired) electrons. The smallest absolute Gasteiger partial charge is 0.317 e. The zero-order chi connectivity index (χ0) is 19.8. The number of rotatable bonds is 8. The van der Waals surface area contributed by atoms with Crippen LogP contribution in [-0.4, -0.2) is 12.6 Å². The summed E-state index contributed by atoms with van der Waals surface area (Å²) < 4.78 is 11.9. The molecule has 3 aromatic carbocycles. The van der Waals surface area contributed by atoms with Crippen LogP contribution >= 0.6 is 10.3 Å². The van der Waals surface area contributed by atoms with Crippen LogP contribution in [0.25, 0.3) is 0 Å². The zero-order valence-electron chi connectivity index (χ0n) is 16.3. The highest BCUT2D eigenvalue weighted by molar-refractivity contribution is 8.30. The van der Waals surface area contributed by atoms with E-state index >= 15 is 0 Å². The van der Waals surface area contributed by atoms with E-state index < -0.39 is 10.3 Å². The summed E-state index contributed by atoms with van der Waals surface area (Å²) in [5, 5.41) is 0. The van der Waals surface area contributed by atoms with E-state index in [9.17, 15) is 4.79 Å². The highest BCUT2D eigenvalue weighted by Gasteiger charge is 2.35. The fraction of sp³-hybridized carbons (Fsp3) is 0.208. The van der Waals surface area contributed by atoms with Crippen molar-refractivity contribution in [1.82, 2.24) is 0 Å². The Morgan fingerprint density at radius 2 is 1.25 bits per heavy atom. The number of hydrogen-bond acceptors (Lipinski definition) is 3. The van der Waals surface area contributed by atoms with Crippen molar-refractivity contribution in [2.75, 3.05) is 6.61 Å². The molecule has 0 aliphatic carbocycles. The van der Waals surface area contributed by atoms with Crippen molar-refractivity contribution in [1.29, 1.82) is 0 Å². The van der Waals surface area contributed by atoms with Crippen LogP contribution in [0.5, 0.6) is 5.75 Å². The fourth-order valence-electron chi connectivity index (χ4n) is 3.06. The zero-order valence-corrected chi connectivity index (χ0v) is 17.2. The molecule has 3 aromatic rings. The van der Waals surface area contributed by atoms with Gasteiger partial charge in [-0.3, -0.25) is 4.79 Å². The first-order chi connectivity index (χ1) is 13.7. The van der Waals surface area contributed by atoms with E-state index in [-0.39, 0.29) is 5.97 Å². The molecule has 0 spiro atoms. The standard InChI is InChI=1S/C24H26O3S/c1-3-11-24(25)27-28(21-12-7-5-8-13-21,22-14-9-6-10-15-22)23-18-16-20(17-19-23)26-4-2/h5-10,12-19H,3-4,11H2,1-2H3. The van der Waals surface area contributed by atoms with Crippen LogP contribution in [-0.2, 0) is 8.98 Å². The molecule has 0 saturated heterocycles. The van der Waals surface area contributed by atoms with Crippen LogP contribution in [0.4, 0.5) is 0 Å². The Morgan fingerprint density at radius 1 is 0.750 bits per heavy atom. The summed E-state index contributed by atoms with van der Waals surface area (Å²) in [6.45, 7) is 4.56. The third-order valence-electron chi connectivity index (χ3n) is 4.29. The summed E-state index contributed by atoms with van der Waals surface area (Å²) in [5.74, 6) is 0.625. The van der Waals surface area contributed by atoms with Crippen LogP contribution in [0.1, 0.15) is 26.7 Å². The Labute approximate surface area is 168 Å². The summed E-state index contributed by atoms with van der Waals surface area (Å²) >= 11 is 0. The lowest BCUT2D eigenvalue weighted by atomic mass is 10.3. The van der Waals surface area contributed by atoms with Crippen molar-refractivity contribution in [3.63, 3.8) is 0 Å². The van der Waals surface area contributed by atoms with Crippen molar-refractivity contribution in [2.24, 2.45) is 0 Å². The van der Waals surface area contributed by atoms with E-state index in [1.807, 2.05) is 98.8 Å². The molecule has 146 valence electrons. The van der Waals surface area contributed by atoms with Gasteiger partial charge in [0, 0.05) is 21.1 Å². The Hall–Kier alpha value is -2.72. The van der Waals surface area contributed by atoms with Gasteiger partial charge in [0.25, 0.3) is 0 Å². The van der Waals surface area contributed by atoms with Gasteiger partial charge < -0.3 is 8.92 Å². The average molecular weight is 395 g/mol. The Kier molecular flexibility index (Phi) is 6.77. The van der Waals surface area contributed by atoms with Gasteiger partial charge in [0.1, 0.15) is 5.75 Å². The van der Waals surface area contributed by atoms with Gasteiger partial charge in [-0.15, -0.1) is 0 Å². The first-order valence-corrected chi connectivity index (χ1v) is 11.1. The summed E-state index contributed by atoms with van der Waals surface area (Å²) in [6, 6.07) is 28.0.